The first kappa shape index (κ1) is 42.3. The van der Waals surface area contributed by atoms with Gasteiger partial charge in [-0.1, -0.05) is 166 Å². The summed E-state index contributed by atoms with van der Waals surface area (Å²) in [6, 6.07) is 0. The van der Waals surface area contributed by atoms with Gasteiger partial charge in [0.2, 0.25) is 0 Å². The Morgan fingerprint density at radius 1 is 0.500 bits per heavy atom. The minimum Gasteiger partial charge on any atom is -0.390 e. The van der Waals surface area contributed by atoms with E-state index in [-0.39, 0.29) is 5.92 Å². The number of hydrogen-bond acceptors (Lipinski definition) is 1. The average Bonchev–Trinajstić information content (AvgIpc) is 2.94. The van der Waals surface area contributed by atoms with Crippen LogP contribution in [0.1, 0.15) is 102 Å². The van der Waals surface area contributed by atoms with Crippen molar-refractivity contribution in [2.24, 2.45) is 5.92 Å². The Bertz CT molecular complexity index is 1340. The van der Waals surface area contributed by atoms with Crippen LogP contribution in [0.15, 0.2) is 166 Å². The molecule has 0 aromatic heterocycles. The zero-order valence-corrected chi connectivity index (χ0v) is 31.2. The Morgan fingerprint density at radius 2 is 0.870 bits per heavy atom. The first-order valence-electron chi connectivity index (χ1n) is 16.7. The van der Waals surface area contributed by atoms with Crippen molar-refractivity contribution in [1.29, 1.82) is 0 Å². The normalized spacial score (nSPS) is 15.9. The van der Waals surface area contributed by atoms with E-state index in [1.165, 1.54) is 39.0 Å². The van der Waals surface area contributed by atoms with Crippen molar-refractivity contribution in [3.05, 3.63) is 166 Å². The zero-order chi connectivity index (χ0) is 35.0. The lowest BCUT2D eigenvalue weighted by Gasteiger charge is -2.26. The minimum absolute atomic E-state index is 0.0781. The van der Waals surface area contributed by atoms with Gasteiger partial charge in [-0.05, 0) is 102 Å². The molecule has 0 rings (SSSR count). The molecular weight excluding hydrogens is 556 g/mol. The van der Waals surface area contributed by atoms with E-state index in [1.807, 2.05) is 13.8 Å². The second-order valence-corrected chi connectivity index (χ2v) is 13.3. The van der Waals surface area contributed by atoms with Gasteiger partial charge in [0.1, 0.15) is 0 Å². The second kappa shape index (κ2) is 24.5. The lowest BCUT2D eigenvalue weighted by Crippen LogP contribution is -2.29. The third-order valence-electron chi connectivity index (χ3n) is 7.09. The van der Waals surface area contributed by atoms with E-state index in [9.17, 15) is 5.11 Å². The van der Waals surface area contributed by atoms with Gasteiger partial charge in [0.25, 0.3) is 0 Å². The molecule has 0 aliphatic carbocycles. The van der Waals surface area contributed by atoms with E-state index >= 15 is 0 Å². The molecule has 0 fully saturated rings. The van der Waals surface area contributed by atoms with Crippen molar-refractivity contribution in [3.8, 4) is 0 Å². The number of allylic oxidation sites excluding steroid dienone is 27. The maximum Gasteiger partial charge on any atom is 0.0657 e. The Balaban J connectivity index is 4.93. The molecule has 0 aliphatic heterocycles. The van der Waals surface area contributed by atoms with Crippen molar-refractivity contribution in [2.75, 3.05) is 0 Å². The summed E-state index contributed by atoms with van der Waals surface area (Å²) in [7, 11) is 0. The fraction of sp³-hybridized carbons (Fsp3) is 0.378. The Labute approximate surface area is 284 Å². The maximum absolute atomic E-state index is 10.5. The number of rotatable bonds is 18. The van der Waals surface area contributed by atoms with Crippen LogP contribution in [0.25, 0.3) is 0 Å². The summed E-state index contributed by atoms with van der Waals surface area (Å²) in [5.74, 6) is 0.0781. The quantitative estimate of drug-likeness (QED) is 0.119. The van der Waals surface area contributed by atoms with Crippen LogP contribution < -0.4 is 0 Å². The molecule has 250 valence electrons. The number of hydrogen-bond donors (Lipinski definition) is 1. The molecule has 0 saturated carbocycles. The van der Waals surface area contributed by atoms with E-state index in [1.54, 1.807) is 0 Å². The van der Waals surface area contributed by atoms with E-state index in [4.69, 9.17) is 0 Å². The molecule has 1 N–H and O–H groups in total. The van der Waals surface area contributed by atoms with Crippen LogP contribution in [-0.4, -0.2) is 10.7 Å². The summed E-state index contributed by atoms with van der Waals surface area (Å²) in [6.07, 6.45) is 45.6. The Kier molecular flexibility index (Phi) is 22.6. The molecular formula is C45H64O. The summed E-state index contributed by atoms with van der Waals surface area (Å²) < 4.78 is 0. The van der Waals surface area contributed by atoms with Crippen molar-refractivity contribution >= 4 is 0 Å². The van der Waals surface area contributed by atoms with Crippen molar-refractivity contribution in [2.45, 2.75) is 108 Å². The predicted molar refractivity (Wildman–Crippen MR) is 210 cm³/mol. The summed E-state index contributed by atoms with van der Waals surface area (Å²) in [4.78, 5) is 0. The van der Waals surface area contributed by atoms with Gasteiger partial charge in [-0.15, -0.1) is 0 Å². The van der Waals surface area contributed by atoms with Gasteiger partial charge >= 0.3 is 0 Å². The van der Waals surface area contributed by atoms with Crippen molar-refractivity contribution in [1.82, 2.24) is 0 Å². The average molecular weight is 621 g/mol. The van der Waals surface area contributed by atoms with Crippen molar-refractivity contribution < 1.29 is 5.11 Å². The SMILES string of the molecule is CC(C)=CCC/C(C)=C/C=C/C(C)=C/C=C/C(C)=C/C=C/C=C(C)/C=C/C=C(C)/C=C/C=C(C)/C=C/C(CC=C(C)C)C(C)(C)O. The van der Waals surface area contributed by atoms with Crippen LogP contribution in [0.2, 0.25) is 0 Å². The minimum atomic E-state index is -0.753. The summed E-state index contributed by atoms with van der Waals surface area (Å²) >= 11 is 0. The Hall–Kier alpha value is -3.68. The molecule has 0 aromatic carbocycles. The zero-order valence-electron chi connectivity index (χ0n) is 31.2. The third-order valence-corrected chi connectivity index (χ3v) is 7.09. The largest absolute Gasteiger partial charge is 0.390 e. The van der Waals surface area contributed by atoms with Gasteiger partial charge in [-0.3, -0.25) is 0 Å². The van der Waals surface area contributed by atoms with Crippen molar-refractivity contribution in [3.63, 3.8) is 0 Å². The molecule has 0 spiro atoms. The van der Waals surface area contributed by atoms with Crippen LogP contribution in [0.5, 0.6) is 0 Å². The van der Waals surface area contributed by atoms with E-state index < -0.39 is 5.60 Å². The van der Waals surface area contributed by atoms with Gasteiger partial charge in [0, 0.05) is 5.92 Å². The summed E-state index contributed by atoms with van der Waals surface area (Å²) in [6.45, 7) is 25.0. The number of aliphatic hydroxyl groups is 1. The van der Waals surface area contributed by atoms with Gasteiger partial charge < -0.3 is 5.11 Å². The van der Waals surface area contributed by atoms with Gasteiger partial charge in [-0.2, -0.15) is 0 Å². The lowest BCUT2D eigenvalue weighted by molar-refractivity contribution is 0.0380. The first-order chi connectivity index (χ1) is 21.6. The van der Waals surface area contributed by atoms with E-state index in [0.717, 1.165) is 24.8 Å². The van der Waals surface area contributed by atoms with Gasteiger partial charge in [0.05, 0.1) is 5.60 Å². The lowest BCUT2D eigenvalue weighted by atomic mass is 9.87. The van der Waals surface area contributed by atoms with Crippen LogP contribution in [0.3, 0.4) is 0 Å². The fourth-order valence-corrected chi connectivity index (χ4v) is 4.02. The van der Waals surface area contributed by atoms with Gasteiger partial charge in [-0.25, -0.2) is 0 Å². The molecule has 46 heavy (non-hydrogen) atoms. The molecule has 0 radical (unpaired) electrons. The molecule has 1 unspecified atom stereocenters. The van der Waals surface area contributed by atoms with Crippen LogP contribution in [0.4, 0.5) is 0 Å². The summed E-state index contributed by atoms with van der Waals surface area (Å²) in [5.41, 5.74) is 9.25. The molecule has 0 amide bonds. The standard InChI is InChI=1S/C45H64O/c1-36(2)20-15-23-40(7)26-18-29-41(8)27-16-24-38(5)21-13-14-22-39(6)25-17-28-42(9)30-19-31-43(10)33-35-44(45(11,12)46)34-32-37(3)4/h13-14,16-22,24-33,35,44,46H,15,23,34H2,1-12H3/b14-13+,24-16+,25-17+,29-18+,30-19+,35-33+,38-21+,39-22+,40-26+,41-27+,42-28+,43-31+. The highest BCUT2D eigenvalue weighted by Gasteiger charge is 2.23. The summed E-state index contributed by atoms with van der Waals surface area (Å²) in [5, 5.41) is 10.5. The van der Waals surface area contributed by atoms with E-state index in [0.29, 0.717) is 0 Å². The molecule has 0 aliphatic rings. The molecule has 0 heterocycles. The van der Waals surface area contributed by atoms with Crippen LogP contribution in [0, 0.1) is 5.92 Å². The smallest absolute Gasteiger partial charge is 0.0657 e. The molecule has 1 heteroatoms. The topological polar surface area (TPSA) is 20.2 Å². The highest BCUT2D eigenvalue weighted by atomic mass is 16.3. The van der Waals surface area contributed by atoms with Gasteiger partial charge in [0.15, 0.2) is 0 Å². The first-order valence-corrected chi connectivity index (χ1v) is 16.7. The Morgan fingerprint density at radius 3 is 1.26 bits per heavy atom. The predicted octanol–water partition coefficient (Wildman–Crippen LogP) is 13.5. The third kappa shape index (κ3) is 25.6. The highest BCUT2D eigenvalue weighted by Crippen LogP contribution is 2.23. The maximum atomic E-state index is 10.5. The molecule has 1 nitrogen and oxygen atoms in total. The molecule has 0 saturated heterocycles. The van der Waals surface area contributed by atoms with Crippen LogP contribution >= 0.6 is 0 Å². The molecule has 0 bridgehead atoms. The highest BCUT2D eigenvalue weighted by molar-refractivity contribution is 5.33. The fourth-order valence-electron chi connectivity index (χ4n) is 4.02. The molecule has 1 atom stereocenters. The van der Waals surface area contributed by atoms with Crippen LogP contribution in [-0.2, 0) is 0 Å². The second-order valence-electron chi connectivity index (χ2n) is 13.3. The monoisotopic (exact) mass is 620 g/mol. The van der Waals surface area contributed by atoms with E-state index in [2.05, 4.69) is 191 Å². The molecule has 0 aromatic rings.